The second-order valence-electron chi connectivity index (χ2n) is 5.42. The maximum absolute atomic E-state index is 12.6. The summed E-state index contributed by atoms with van der Waals surface area (Å²) < 4.78 is 3.87. The van der Waals surface area contributed by atoms with E-state index in [9.17, 15) is 9.59 Å². The van der Waals surface area contributed by atoms with Crippen molar-refractivity contribution in [1.29, 1.82) is 0 Å². The molecule has 8 nitrogen and oxygen atoms in total. The molecule has 0 aliphatic carbocycles. The highest BCUT2D eigenvalue weighted by Crippen LogP contribution is 2.20. The standard InChI is InChI=1S/C15H18N6O2S/c1-2-11-12(24-19-18-11)15(23)21-8-6-20(7-9-21)14-10(13(16)22)4-3-5-17-14/h3-5H,2,6-9H2,1H3,(H2,16,22). The van der Waals surface area contributed by atoms with Crippen LogP contribution in [0, 0.1) is 0 Å². The molecule has 3 rings (SSSR count). The Balaban J connectivity index is 1.70. The fraction of sp³-hybridized carbons (Fsp3) is 0.400. The Bertz CT molecular complexity index is 754. The van der Waals surface area contributed by atoms with Crippen LogP contribution in [0.25, 0.3) is 0 Å². The predicted octanol–water partition coefficient (Wildman–Crippen LogP) is 0.557. The van der Waals surface area contributed by atoms with Gasteiger partial charge in [-0.25, -0.2) is 4.98 Å². The molecule has 1 aliphatic rings. The summed E-state index contributed by atoms with van der Waals surface area (Å²) in [6, 6.07) is 3.35. The van der Waals surface area contributed by atoms with Gasteiger partial charge in [0.15, 0.2) is 0 Å². The number of hydrogen-bond acceptors (Lipinski definition) is 7. The molecule has 126 valence electrons. The first-order chi connectivity index (χ1) is 11.6. The minimum Gasteiger partial charge on any atom is -0.365 e. The largest absolute Gasteiger partial charge is 0.365 e. The zero-order valence-corrected chi connectivity index (χ0v) is 14.1. The zero-order valence-electron chi connectivity index (χ0n) is 13.3. The van der Waals surface area contributed by atoms with Gasteiger partial charge in [0.25, 0.3) is 11.8 Å². The molecule has 0 radical (unpaired) electrons. The van der Waals surface area contributed by atoms with Crippen molar-refractivity contribution in [3.63, 3.8) is 0 Å². The van der Waals surface area contributed by atoms with Crippen molar-refractivity contribution < 1.29 is 9.59 Å². The van der Waals surface area contributed by atoms with Gasteiger partial charge in [-0.15, -0.1) is 5.10 Å². The van der Waals surface area contributed by atoms with E-state index in [1.165, 1.54) is 0 Å². The van der Waals surface area contributed by atoms with Crippen LogP contribution in [0.1, 0.15) is 32.6 Å². The Morgan fingerprint density at radius 2 is 2.04 bits per heavy atom. The van der Waals surface area contributed by atoms with Crippen molar-refractivity contribution in [2.45, 2.75) is 13.3 Å². The highest BCUT2D eigenvalue weighted by atomic mass is 32.1. The summed E-state index contributed by atoms with van der Waals surface area (Å²) >= 11 is 1.14. The van der Waals surface area contributed by atoms with E-state index < -0.39 is 5.91 Å². The fourth-order valence-electron chi connectivity index (χ4n) is 2.71. The van der Waals surface area contributed by atoms with E-state index >= 15 is 0 Å². The summed E-state index contributed by atoms with van der Waals surface area (Å²) in [4.78, 5) is 32.8. The topological polar surface area (TPSA) is 105 Å². The summed E-state index contributed by atoms with van der Waals surface area (Å²) in [5.74, 6) is 0.0448. The molecule has 0 spiro atoms. The molecule has 2 amide bonds. The number of carbonyl (C=O) groups excluding carboxylic acids is 2. The van der Waals surface area contributed by atoms with E-state index in [-0.39, 0.29) is 5.91 Å². The van der Waals surface area contributed by atoms with Gasteiger partial charge in [-0.05, 0) is 30.1 Å². The Kier molecular flexibility index (Phi) is 4.70. The normalized spacial score (nSPS) is 14.7. The number of nitrogens with two attached hydrogens (primary N) is 1. The second kappa shape index (κ2) is 6.91. The van der Waals surface area contributed by atoms with Crippen LogP contribution in [0.2, 0.25) is 0 Å². The molecular formula is C15H18N6O2S. The van der Waals surface area contributed by atoms with Crippen molar-refractivity contribution >= 4 is 29.2 Å². The smallest absolute Gasteiger partial charge is 0.267 e. The first-order valence-electron chi connectivity index (χ1n) is 7.72. The van der Waals surface area contributed by atoms with Crippen molar-refractivity contribution in [3.05, 3.63) is 34.5 Å². The molecule has 1 aliphatic heterocycles. The van der Waals surface area contributed by atoms with Crippen LogP contribution in [0.3, 0.4) is 0 Å². The zero-order chi connectivity index (χ0) is 17.1. The molecule has 9 heteroatoms. The third-order valence-corrected chi connectivity index (χ3v) is 4.76. The van der Waals surface area contributed by atoms with Gasteiger partial charge in [0.05, 0.1) is 11.3 Å². The van der Waals surface area contributed by atoms with Gasteiger partial charge < -0.3 is 15.5 Å². The van der Waals surface area contributed by atoms with E-state index in [2.05, 4.69) is 14.6 Å². The van der Waals surface area contributed by atoms with Gasteiger partial charge in [0, 0.05) is 32.4 Å². The molecular weight excluding hydrogens is 328 g/mol. The monoisotopic (exact) mass is 346 g/mol. The molecule has 0 aromatic carbocycles. The molecule has 1 saturated heterocycles. The summed E-state index contributed by atoms with van der Waals surface area (Å²) in [6.07, 6.45) is 2.32. The lowest BCUT2D eigenvalue weighted by Crippen LogP contribution is -2.49. The third kappa shape index (κ3) is 3.07. The van der Waals surface area contributed by atoms with Crippen LogP contribution in [0.5, 0.6) is 0 Å². The van der Waals surface area contributed by atoms with E-state index in [0.29, 0.717) is 48.9 Å². The van der Waals surface area contributed by atoms with Crippen LogP contribution in [0.4, 0.5) is 5.82 Å². The molecule has 0 saturated carbocycles. The molecule has 1 fully saturated rings. The molecule has 0 atom stereocenters. The predicted molar refractivity (Wildman–Crippen MR) is 90.2 cm³/mol. The number of hydrogen-bond donors (Lipinski definition) is 1. The number of pyridine rings is 1. The summed E-state index contributed by atoms with van der Waals surface area (Å²) in [7, 11) is 0. The number of aromatic nitrogens is 3. The number of rotatable bonds is 4. The Morgan fingerprint density at radius 1 is 1.29 bits per heavy atom. The second-order valence-corrected chi connectivity index (χ2v) is 6.17. The Hall–Kier alpha value is -2.55. The SMILES string of the molecule is CCc1nnsc1C(=O)N1CCN(c2ncccc2C(N)=O)CC1. The number of anilines is 1. The minimum atomic E-state index is -0.500. The molecule has 0 unspecified atom stereocenters. The highest BCUT2D eigenvalue weighted by molar-refractivity contribution is 7.08. The average molecular weight is 346 g/mol. The van der Waals surface area contributed by atoms with E-state index in [4.69, 9.17) is 5.73 Å². The number of carbonyl (C=O) groups is 2. The van der Waals surface area contributed by atoms with Gasteiger partial charge in [-0.1, -0.05) is 11.4 Å². The van der Waals surface area contributed by atoms with Crippen LogP contribution in [-0.4, -0.2) is 57.5 Å². The van der Waals surface area contributed by atoms with Crippen molar-refractivity contribution in [2.24, 2.45) is 5.73 Å². The van der Waals surface area contributed by atoms with Crippen LogP contribution in [0.15, 0.2) is 18.3 Å². The molecule has 2 aromatic heterocycles. The molecule has 2 aromatic rings. The number of primary amides is 1. The molecule has 0 bridgehead atoms. The lowest BCUT2D eigenvalue weighted by molar-refractivity contribution is 0.0749. The van der Waals surface area contributed by atoms with Crippen molar-refractivity contribution in [2.75, 3.05) is 31.1 Å². The van der Waals surface area contributed by atoms with Crippen LogP contribution >= 0.6 is 11.5 Å². The Morgan fingerprint density at radius 3 is 2.71 bits per heavy atom. The molecule has 3 heterocycles. The summed E-state index contributed by atoms with van der Waals surface area (Å²) in [5.41, 5.74) is 6.55. The third-order valence-electron chi connectivity index (χ3n) is 4.00. The lowest BCUT2D eigenvalue weighted by atomic mass is 10.2. The number of piperazine rings is 1. The summed E-state index contributed by atoms with van der Waals surface area (Å²) in [5, 5.41) is 3.99. The first kappa shape index (κ1) is 16.3. The van der Waals surface area contributed by atoms with Gasteiger partial charge in [-0.3, -0.25) is 9.59 Å². The fourth-order valence-corrected chi connectivity index (χ4v) is 3.43. The minimum absolute atomic E-state index is 0.0300. The van der Waals surface area contributed by atoms with Crippen LogP contribution < -0.4 is 10.6 Å². The van der Waals surface area contributed by atoms with Gasteiger partial charge in [0.2, 0.25) is 0 Å². The maximum atomic E-state index is 12.6. The maximum Gasteiger partial charge on any atom is 0.267 e. The van der Waals surface area contributed by atoms with Gasteiger partial charge in [0.1, 0.15) is 10.7 Å². The number of aryl methyl sites for hydroxylation is 1. The van der Waals surface area contributed by atoms with Crippen molar-refractivity contribution in [1.82, 2.24) is 19.5 Å². The van der Waals surface area contributed by atoms with E-state index in [1.807, 2.05) is 11.8 Å². The highest BCUT2D eigenvalue weighted by Gasteiger charge is 2.27. The number of nitrogens with zero attached hydrogens (tertiary/aromatic N) is 5. The lowest BCUT2D eigenvalue weighted by Gasteiger charge is -2.35. The summed E-state index contributed by atoms with van der Waals surface area (Å²) in [6.45, 7) is 4.24. The van der Waals surface area contributed by atoms with Crippen molar-refractivity contribution in [3.8, 4) is 0 Å². The van der Waals surface area contributed by atoms with Gasteiger partial charge >= 0.3 is 0 Å². The molecule has 2 N–H and O–H groups in total. The number of amides is 2. The molecule has 24 heavy (non-hydrogen) atoms. The van der Waals surface area contributed by atoms with Crippen LogP contribution in [-0.2, 0) is 6.42 Å². The Labute approximate surface area is 143 Å². The van der Waals surface area contributed by atoms with E-state index in [1.54, 1.807) is 23.2 Å². The van der Waals surface area contributed by atoms with E-state index in [0.717, 1.165) is 17.2 Å². The average Bonchev–Trinajstić information content (AvgIpc) is 3.10. The first-order valence-corrected chi connectivity index (χ1v) is 8.49. The van der Waals surface area contributed by atoms with Gasteiger partial charge in [-0.2, -0.15) is 0 Å². The quantitative estimate of drug-likeness (QED) is 0.867.